The largest absolute Gasteiger partial charge is 0.377 e. The lowest BCUT2D eigenvalue weighted by Crippen LogP contribution is -2.26. The van der Waals surface area contributed by atoms with Gasteiger partial charge in [0.2, 0.25) is 0 Å². The van der Waals surface area contributed by atoms with Gasteiger partial charge in [-0.05, 0) is 19.8 Å². The van der Waals surface area contributed by atoms with Crippen LogP contribution in [0.3, 0.4) is 0 Å². The quantitative estimate of drug-likeness (QED) is 0.466. The van der Waals surface area contributed by atoms with Crippen LogP contribution in [-0.2, 0) is 9.57 Å². The molecule has 1 rings (SSSR count). The van der Waals surface area contributed by atoms with E-state index in [1.807, 2.05) is 6.92 Å². The first kappa shape index (κ1) is 7.98. The van der Waals surface area contributed by atoms with Crippen LogP contribution in [0.2, 0.25) is 0 Å². The Bertz CT molecular complexity index is 81.7. The minimum Gasteiger partial charge on any atom is -0.377 e. The second-order valence-electron chi connectivity index (χ2n) is 2.42. The molecule has 3 nitrogen and oxygen atoms in total. The van der Waals surface area contributed by atoms with Gasteiger partial charge in [0.25, 0.3) is 0 Å². The molecule has 1 aliphatic heterocycles. The number of rotatable bonds is 4. The molecule has 1 N–H and O–H groups in total. The SMILES string of the molecule is CCONCC1CCCO1. The average molecular weight is 145 g/mol. The van der Waals surface area contributed by atoms with Crippen molar-refractivity contribution in [2.75, 3.05) is 19.8 Å². The number of hydroxylamine groups is 1. The monoisotopic (exact) mass is 145 g/mol. The molecule has 0 aliphatic carbocycles. The molecule has 1 fully saturated rings. The summed E-state index contributed by atoms with van der Waals surface area (Å²) in [6.07, 6.45) is 2.74. The summed E-state index contributed by atoms with van der Waals surface area (Å²) in [6.45, 7) is 4.42. The molecule has 3 heteroatoms. The summed E-state index contributed by atoms with van der Waals surface area (Å²) >= 11 is 0. The molecule has 0 radical (unpaired) electrons. The molecule has 1 atom stereocenters. The molecule has 60 valence electrons. The van der Waals surface area contributed by atoms with Gasteiger partial charge in [-0.25, -0.2) is 0 Å². The Balaban J connectivity index is 1.91. The van der Waals surface area contributed by atoms with Crippen molar-refractivity contribution in [2.45, 2.75) is 25.9 Å². The molecule has 0 amide bonds. The predicted molar refractivity (Wildman–Crippen MR) is 38.6 cm³/mol. The van der Waals surface area contributed by atoms with Crippen molar-refractivity contribution in [2.24, 2.45) is 0 Å². The second-order valence-corrected chi connectivity index (χ2v) is 2.42. The van der Waals surface area contributed by atoms with Gasteiger partial charge in [0.05, 0.1) is 12.7 Å². The Morgan fingerprint density at radius 1 is 1.70 bits per heavy atom. The number of nitrogens with one attached hydrogen (secondary N) is 1. The first-order valence-electron chi connectivity index (χ1n) is 3.89. The minimum atomic E-state index is 0.381. The van der Waals surface area contributed by atoms with E-state index in [-0.39, 0.29) is 0 Å². The third kappa shape index (κ3) is 2.64. The maximum absolute atomic E-state index is 5.36. The van der Waals surface area contributed by atoms with E-state index in [1.165, 1.54) is 12.8 Å². The zero-order valence-electron chi connectivity index (χ0n) is 6.43. The molecule has 10 heavy (non-hydrogen) atoms. The molecule has 0 spiro atoms. The van der Waals surface area contributed by atoms with E-state index in [0.717, 1.165) is 13.2 Å². The van der Waals surface area contributed by atoms with Gasteiger partial charge in [0, 0.05) is 13.2 Å². The Kier molecular flexibility index (Phi) is 3.72. The zero-order chi connectivity index (χ0) is 7.23. The predicted octanol–water partition coefficient (Wildman–Crippen LogP) is 0.706. The summed E-state index contributed by atoms with van der Waals surface area (Å²) in [5.74, 6) is 0. The number of ether oxygens (including phenoxy) is 1. The highest BCUT2D eigenvalue weighted by atomic mass is 16.6. The van der Waals surface area contributed by atoms with Crippen LogP contribution in [0.5, 0.6) is 0 Å². The highest BCUT2D eigenvalue weighted by molar-refractivity contribution is 4.64. The van der Waals surface area contributed by atoms with E-state index >= 15 is 0 Å². The standard InChI is InChI=1S/C7H15NO2/c1-2-10-8-6-7-4-3-5-9-7/h7-8H,2-6H2,1H3. The highest BCUT2D eigenvalue weighted by Gasteiger charge is 2.14. The van der Waals surface area contributed by atoms with Crippen LogP contribution in [0.25, 0.3) is 0 Å². The molecule has 1 aliphatic rings. The Hall–Kier alpha value is -0.120. The molecule has 0 saturated carbocycles. The maximum atomic E-state index is 5.36. The Labute approximate surface area is 61.7 Å². The fraction of sp³-hybridized carbons (Fsp3) is 1.00. The lowest BCUT2D eigenvalue weighted by molar-refractivity contribution is 0.0124. The third-order valence-corrected chi connectivity index (χ3v) is 1.58. The van der Waals surface area contributed by atoms with Gasteiger partial charge in [-0.3, -0.25) is 0 Å². The van der Waals surface area contributed by atoms with Gasteiger partial charge in [-0.1, -0.05) is 0 Å². The van der Waals surface area contributed by atoms with Crippen LogP contribution in [0, 0.1) is 0 Å². The zero-order valence-corrected chi connectivity index (χ0v) is 6.43. The highest BCUT2D eigenvalue weighted by Crippen LogP contribution is 2.10. The van der Waals surface area contributed by atoms with Crippen molar-refractivity contribution in [1.82, 2.24) is 5.48 Å². The third-order valence-electron chi connectivity index (χ3n) is 1.58. The first-order valence-corrected chi connectivity index (χ1v) is 3.89. The fourth-order valence-electron chi connectivity index (χ4n) is 1.06. The minimum absolute atomic E-state index is 0.381. The molecular formula is C7H15NO2. The van der Waals surface area contributed by atoms with E-state index in [4.69, 9.17) is 9.57 Å². The van der Waals surface area contributed by atoms with E-state index in [9.17, 15) is 0 Å². The van der Waals surface area contributed by atoms with Crippen LogP contribution in [0.15, 0.2) is 0 Å². The van der Waals surface area contributed by atoms with E-state index in [1.54, 1.807) is 0 Å². The van der Waals surface area contributed by atoms with E-state index in [2.05, 4.69) is 5.48 Å². The van der Waals surface area contributed by atoms with Crippen LogP contribution in [0.4, 0.5) is 0 Å². The summed E-state index contributed by atoms with van der Waals surface area (Å²) in [6, 6.07) is 0. The van der Waals surface area contributed by atoms with Gasteiger partial charge in [0.15, 0.2) is 0 Å². The molecule has 1 saturated heterocycles. The lowest BCUT2D eigenvalue weighted by Gasteiger charge is -2.08. The summed E-state index contributed by atoms with van der Waals surface area (Å²) in [5.41, 5.74) is 2.85. The van der Waals surface area contributed by atoms with Crippen molar-refractivity contribution in [3.05, 3.63) is 0 Å². The molecule has 0 aromatic heterocycles. The summed E-state index contributed by atoms with van der Waals surface area (Å²) < 4.78 is 5.36. The lowest BCUT2D eigenvalue weighted by atomic mass is 10.2. The number of hydrogen-bond donors (Lipinski definition) is 1. The maximum Gasteiger partial charge on any atom is 0.0723 e. The Morgan fingerprint density at radius 2 is 2.60 bits per heavy atom. The van der Waals surface area contributed by atoms with Crippen molar-refractivity contribution in [1.29, 1.82) is 0 Å². The molecule has 0 aromatic rings. The van der Waals surface area contributed by atoms with Crippen LogP contribution >= 0.6 is 0 Å². The van der Waals surface area contributed by atoms with Gasteiger partial charge in [-0.2, -0.15) is 5.48 Å². The van der Waals surface area contributed by atoms with Crippen molar-refractivity contribution < 1.29 is 9.57 Å². The summed E-state index contributed by atoms with van der Waals surface area (Å²) in [7, 11) is 0. The smallest absolute Gasteiger partial charge is 0.0723 e. The first-order chi connectivity index (χ1) is 4.93. The summed E-state index contributed by atoms with van der Waals surface area (Å²) in [4.78, 5) is 4.97. The van der Waals surface area contributed by atoms with E-state index in [0.29, 0.717) is 12.7 Å². The van der Waals surface area contributed by atoms with Crippen molar-refractivity contribution in [3.8, 4) is 0 Å². The van der Waals surface area contributed by atoms with Gasteiger partial charge < -0.3 is 9.57 Å². The molecule has 1 heterocycles. The van der Waals surface area contributed by atoms with Crippen molar-refractivity contribution in [3.63, 3.8) is 0 Å². The van der Waals surface area contributed by atoms with Crippen molar-refractivity contribution >= 4 is 0 Å². The number of hydrogen-bond acceptors (Lipinski definition) is 3. The van der Waals surface area contributed by atoms with Gasteiger partial charge in [-0.15, -0.1) is 0 Å². The fourth-order valence-corrected chi connectivity index (χ4v) is 1.06. The molecule has 0 aromatic carbocycles. The van der Waals surface area contributed by atoms with Crippen LogP contribution < -0.4 is 5.48 Å². The molecule has 0 bridgehead atoms. The molecule has 1 unspecified atom stereocenters. The normalized spacial score (nSPS) is 25.5. The molecular weight excluding hydrogens is 130 g/mol. The van der Waals surface area contributed by atoms with E-state index < -0.39 is 0 Å². The summed E-state index contributed by atoms with van der Waals surface area (Å²) in [5, 5.41) is 0. The second kappa shape index (κ2) is 4.66. The average Bonchev–Trinajstić information content (AvgIpc) is 2.41. The Morgan fingerprint density at radius 3 is 3.20 bits per heavy atom. The van der Waals surface area contributed by atoms with Gasteiger partial charge in [0.1, 0.15) is 0 Å². The topological polar surface area (TPSA) is 30.5 Å². The van der Waals surface area contributed by atoms with Gasteiger partial charge >= 0.3 is 0 Å². The van der Waals surface area contributed by atoms with Crippen LogP contribution in [-0.4, -0.2) is 25.9 Å². The van der Waals surface area contributed by atoms with Crippen LogP contribution in [0.1, 0.15) is 19.8 Å².